The van der Waals surface area contributed by atoms with Gasteiger partial charge < -0.3 is 14.7 Å². The third-order valence-electron chi connectivity index (χ3n) is 3.97. The normalized spacial score (nSPS) is 14.6. The molecule has 4 heteroatoms. The topological polar surface area (TPSA) is 49.8 Å². The minimum atomic E-state index is 0.0437. The van der Waals surface area contributed by atoms with Gasteiger partial charge in [0.05, 0.1) is 13.2 Å². The molecule has 1 amide bonds. The molecule has 1 aromatic carbocycles. The van der Waals surface area contributed by atoms with E-state index in [9.17, 15) is 4.79 Å². The lowest BCUT2D eigenvalue weighted by Gasteiger charge is -2.37. The molecule has 116 valence electrons. The highest BCUT2D eigenvalue weighted by Crippen LogP contribution is 2.25. The maximum atomic E-state index is 12.2. The zero-order chi connectivity index (χ0) is 15.1. The maximum Gasteiger partial charge on any atom is 0.223 e. The molecule has 0 bridgehead atoms. The Bertz CT molecular complexity index is 457. The van der Waals surface area contributed by atoms with Crippen molar-refractivity contribution in [2.45, 2.75) is 45.1 Å². The van der Waals surface area contributed by atoms with E-state index in [1.165, 1.54) is 12.0 Å². The summed E-state index contributed by atoms with van der Waals surface area (Å²) in [6.07, 6.45) is 4.54. The second-order valence-electron chi connectivity index (χ2n) is 5.66. The number of hydrogen-bond acceptors (Lipinski definition) is 3. The summed E-state index contributed by atoms with van der Waals surface area (Å²) in [5.74, 6) is 0.996. The Morgan fingerprint density at radius 3 is 2.86 bits per heavy atom. The number of ether oxygens (including phenoxy) is 1. The minimum absolute atomic E-state index is 0.0437. The molecule has 0 unspecified atom stereocenters. The molecule has 0 saturated heterocycles. The number of nitrogens with zero attached hydrogens (tertiary/aromatic N) is 1. The van der Waals surface area contributed by atoms with Gasteiger partial charge in [-0.3, -0.25) is 4.79 Å². The molecule has 1 N–H and O–H groups in total. The van der Waals surface area contributed by atoms with Crippen LogP contribution in [0.4, 0.5) is 0 Å². The van der Waals surface area contributed by atoms with Gasteiger partial charge in [-0.1, -0.05) is 12.1 Å². The summed E-state index contributed by atoms with van der Waals surface area (Å²) in [6.45, 7) is 3.08. The molecule has 21 heavy (non-hydrogen) atoms. The van der Waals surface area contributed by atoms with Crippen molar-refractivity contribution in [3.05, 3.63) is 29.8 Å². The van der Waals surface area contributed by atoms with E-state index >= 15 is 0 Å². The number of aryl methyl sites for hydroxylation is 1. The van der Waals surface area contributed by atoms with Gasteiger partial charge in [0.15, 0.2) is 0 Å². The summed E-state index contributed by atoms with van der Waals surface area (Å²) in [6, 6.07) is 8.27. The number of benzene rings is 1. The van der Waals surface area contributed by atoms with Crippen LogP contribution >= 0.6 is 0 Å². The van der Waals surface area contributed by atoms with Crippen molar-refractivity contribution in [3.8, 4) is 5.75 Å². The number of aliphatic hydroxyl groups excluding tert-OH is 1. The molecule has 0 aliphatic heterocycles. The molecule has 4 nitrogen and oxygen atoms in total. The molecular weight excluding hydrogens is 266 g/mol. The first-order valence-corrected chi connectivity index (χ1v) is 7.80. The van der Waals surface area contributed by atoms with Gasteiger partial charge in [-0.2, -0.15) is 0 Å². The standard InChI is InChI=1S/C17H25NO3/c1-14-5-2-8-16(13-14)21-12-4-9-17(20)18(10-11-19)15-6-3-7-15/h2,5,8,13,15,19H,3-4,6-7,9-12H2,1H3. The SMILES string of the molecule is Cc1cccc(OCCCC(=O)N(CCO)C2CCC2)c1. The third-order valence-corrected chi connectivity index (χ3v) is 3.97. The first kappa shape index (κ1) is 15.8. The number of aliphatic hydroxyl groups is 1. The fourth-order valence-electron chi connectivity index (χ4n) is 2.58. The summed E-state index contributed by atoms with van der Waals surface area (Å²) in [7, 11) is 0. The highest BCUT2D eigenvalue weighted by atomic mass is 16.5. The highest BCUT2D eigenvalue weighted by molar-refractivity contribution is 5.76. The van der Waals surface area contributed by atoms with Crippen molar-refractivity contribution >= 4 is 5.91 Å². The maximum absolute atomic E-state index is 12.2. The van der Waals surface area contributed by atoms with Crippen molar-refractivity contribution < 1.29 is 14.6 Å². The van der Waals surface area contributed by atoms with Gasteiger partial charge in [0, 0.05) is 19.0 Å². The third kappa shape index (κ3) is 4.74. The largest absolute Gasteiger partial charge is 0.494 e. The van der Waals surface area contributed by atoms with Crippen molar-refractivity contribution in [2.75, 3.05) is 19.8 Å². The molecule has 1 aromatic rings. The molecule has 1 saturated carbocycles. The van der Waals surface area contributed by atoms with Crippen LogP contribution in [0.3, 0.4) is 0 Å². The average Bonchev–Trinajstić information content (AvgIpc) is 2.41. The van der Waals surface area contributed by atoms with Gasteiger partial charge >= 0.3 is 0 Å². The van der Waals surface area contributed by atoms with Gasteiger partial charge in [0.1, 0.15) is 5.75 Å². The summed E-state index contributed by atoms with van der Waals surface area (Å²) in [5, 5.41) is 9.08. The zero-order valence-corrected chi connectivity index (χ0v) is 12.8. The van der Waals surface area contributed by atoms with E-state index in [4.69, 9.17) is 9.84 Å². The Labute approximate surface area is 126 Å². The van der Waals surface area contributed by atoms with E-state index in [-0.39, 0.29) is 12.5 Å². The monoisotopic (exact) mass is 291 g/mol. The number of amides is 1. The molecule has 0 atom stereocenters. The molecule has 1 aliphatic rings. The van der Waals surface area contributed by atoms with Crippen LogP contribution in [0.1, 0.15) is 37.7 Å². The van der Waals surface area contributed by atoms with E-state index in [1.54, 1.807) is 0 Å². The predicted octanol–water partition coefficient (Wildman–Crippen LogP) is 2.53. The van der Waals surface area contributed by atoms with Gasteiger partial charge in [-0.05, 0) is 50.3 Å². The number of rotatable bonds is 8. The van der Waals surface area contributed by atoms with E-state index in [0.717, 1.165) is 18.6 Å². The van der Waals surface area contributed by atoms with E-state index < -0.39 is 0 Å². The van der Waals surface area contributed by atoms with Crippen LogP contribution < -0.4 is 4.74 Å². The Balaban J connectivity index is 1.70. The quantitative estimate of drug-likeness (QED) is 0.749. The fourth-order valence-corrected chi connectivity index (χ4v) is 2.58. The molecule has 0 aromatic heterocycles. The van der Waals surface area contributed by atoms with Crippen molar-refractivity contribution in [1.29, 1.82) is 0 Å². The molecule has 1 fully saturated rings. The van der Waals surface area contributed by atoms with Crippen LogP contribution in [0.25, 0.3) is 0 Å². The smallest absolute Gasteiger partial charge is 0.223 e. The van der Waals surface area contributed by atoms with Gasteiger partial charge in [0.2, 0.25) is 5.91 Å². The summed E-state index contributed by atoms with van der Waals surface area (Å²) < 4.78 is 5.66. The van der Waals surface area contributed by atoms with Crippen LogP contribution in [-0.2, 0) is 4.79 Å². The predicted molar refractivity (Wildman–Crippen MR) is 82.3 cm³/mol. The molecule has 2 rings (SSSR count). The highest BCUT2D eigenvalue weighted by Gasteiger charge is 2.27. The zero-order valence-electron chi connectivity index (χ0n) is 12.8. The molecule has 0 heterocycles. The van der Waals surface area contributed by atoms with E-state index in [2.05, 4.69) is 0 Å². The lowest BCUT2D eigenvalue weighted by atomic mass is 9.91. The Morgan fingerprint density at radius 2 is 2.24 bits per heavy atom. The number of hydrogen-bond donors (Lipinski definition) is 1. The number of carbonyl (C=O) groups excluding carboxylic acids is 1. The van der Waals surface area contributed by atoms with Crippen LogP contribution in [0.5, 0.6) is 5.75 Å². The first-order valence-electron chi connectivity index (χ1n) is 7.80. The average molecular weight is 291 g/mol. The molecule has 0 radical (unpaired) electrons. The van der Waals surface area contributed by atoms with Crippen molar-refractivity contribution in [1.82, 2.24) is 4.90 Å². The molecular formula is C17H25NO3. The Morgan fingerprint density at radius 1 is 1.43 bits per heavy atom. The summed E-state index contributed by atoms with van der Waals surface area (Å²) in [4.78, 5) is 14.0. The second kappa shape index (κ2) is 8.03. The lowest BCUT2D eigenvalue weighted by Crippen LogP contribution is -2.45. The van der Waals surface area contributed by atoms with Crippen LogP contribution in [0.2, 0.25) is 0 Å². The number of carbonyl (C=O) groups is 1. The summed E-state index contributed by atoms with van der Waals surface area (Å²) in [5.41, 5.74) is 1.17. The Hall–Kier alpha value is -1.55. The van der Waals surface area contributed by atoms with Crippen LogP contribution in [0.15, 0.2) is 24.3 Å². The van der Waals surface area contributed by atoms with Crippen LogP contribution in [0, 0.1) is 6.92 Å². The fraction of sp³-hybridized carbons (Fsp3) is 0.588. The lowest BCUT2D eigenvalue weighted by molar-refractivity contribution is -0.136. The van der Waals surface area contributed by atoms with Gasteiger partial charge in [-0.15, -0.1) is 0 Å². The van der Waals surface area contributed by atoms with E-state index in [0.29, 0.717) is 32.0 Å². The van der Waals surface area contributed by atoms with Crippen LogP contribution in [-0.4, -0.2) is 41.7 Å². The Kier molecular flexibility index (Phi) is 6.05. The van der Waals surface area contributed by atoms with Gasteiger partial charge in [0.25, 0.3) is 0 Å². The first-order chi connectivity index (χ1) is 10.2. The van der Waals surface area contributed by atoms with Gasteiger partial charge in [-0.25, -0.2) is 0 Å². The minimum Gasteiger partial charge on any atom is -0.494 e. The van der Waals surface area contributed by atoms with Crippen molar-refractivity contribution in [3.63, 3.8) is 0 Å². The van der Waals surface area contributed by atoms with E-state index in [1.807, 2.05) is 36.1 Å². The van der Waals surface area contributed by atoms with Crippen molar-refractivity contribution in [2.24, 2.45) is 0 Å². The molecule has 0 spiro atoms. The second-order valence-corrected chi connectivity index (χ2v) is 5.66. The summed E-state index contributed by atoms with van der Waals surface area (Å²) >= 11 is 0. The molecule has 1 aliphatic carbocycles.